The summed E-state index contributed by atoms with van der Waals surface area (Å²) in [7, 11) is 3.41. The number of ether oxygens (including phenoxy) is 3. The largest absolute Gasteiger partial charge is 0.462 e. The summed E-state index contributed by atoms with van der Waals surface area (Å²) >= 11 is 1.35. The quantitative estimate of drug-likeness (QED) is 0.171. The van der Waals surface area contributed by atoms with Gasteiger partial charge in [-0.3, -0.25) is 14.2 Å². The molecule has 0 amide bonds. The second-order valence-electron chi connectivity index (χ2n) is 11.9. The number of rotatable bonds is 12. The number of hydrogen-bond acceptors (Lipinski definition) is 7. The number of benzene rings is 3. The van der Waals surface area contributed by atoms with Gasteiger partial charge in [0.1, 0.15) is 20.7 Å². The Balaban J connectivity index is 1.41. The molecule has 1 aliphatic carbocycles. The Bertz CT molecular complexity index is 2110. The molecule has 0 bridgehead atoms. The third kappa shape index (κ3) is 7.22. The normalized spacial score (nSPS) is 17.9. The summed E-state index contributed by atoms with van der Waals surface area (Å²) < 4.78 is 19.5. The Morgan fingerprint density at radius 3 is 2.29 bits per heavy atom. The van der Waals surface area contributed by atoms with Crippen molar-refractivity contribution in [3.05, 3.63) is 163 Å². The number of carbonyl (C=O) groups excluding carboxylic acids is 1. The molecule has 0 radical (unpaired) electrons. The van der Waals surface area contributed by atoms with Crippen molar-refractivity contribution in [2.45, 2.75) is 19.4 Å². The van der Waals surface area contributed by atoms with Crippen LogP contribution in [0.4, 0.5) is 5.69 Å². The van der Waals surface area contributed by atoms with E-state index in [0.717, 1.165) is 41.0 Å². The van der Waals surface area contributed by atoms with Gasteiger partial charge in [0.05, 0.1) is 13.2 Å². The Hall–Kier alpha value is -5.02. The van der Waals surface area contributed by atoms with E-state index < -0.39 is 0 Å². The molecule has 8 heteroatoms. The number of carbonyl (C=O) groups is 1. The van der Waals surface area contributed by atoms with E-state index >= 15 is 0 Å². The smallest absolute Gasteiger partial charge is 0.269 e. The van der Waals surface area contributed by atoms with Crippen molar-refractivity contribution >= 4 is 40.0 Å². The maximum Gasteiger partial charge on any atom is 0.269 e. The van der Waals surface area contributed by atoms with Gasteiger partial charge in [-0.05, 0) is 54.0 Å². The summed E-state index contributed by atoms with van der Waals surface area (Å²) in [5, 5.41) is 0. The van der Waals surface area contributed by atoms with Crippen molar-refractivity contribution in [2.24, 2.45) is 0 Å². The number of nitrogens with zero attached hydrogens (tertiary/aromatic N) is 2. The molecule has 0 N–H and O–H groups in total. The van der Waals surface area contributed by atoms with Crippen LogP contribution in [0.5, 0.6) is 0 Å². The van der Waals surface area contributed by atoms with Gasteiger partial charge in [-0.25, -0.2) is 0 Å². The molecule has 0 fully saturated rings. The highest BCUT2D eigenvalue weighted by Crippen LogP contribution is 2.42. The van der Waals surface area contributed by atoms with Gasteiger partial charge in [-0.1, -0.05) is 78.9 Å². The number of Topliss-reactive ketones (excluding diaryl/α,β-unsaturated/α-hetero) is 1. The minimum absolute atomic E-state index is 0.0514. The summed E-state index contributed by atoms with van der Waals surface area (Å²) in [4.78, 5) is 30.4. The molecule has 6 rings (SSSR count). The second kappa shape index (κ2) is 15.5. The molecule has 1 aliphatic heterocycles. The Morgan fingerprint density at radius 2 is 1.59 bits per heavy atom. The standard InChI is InChI=1S/C41H40N2O5S/c1-5-21-43-40(45)39(49-41(43)37-36(30-11-7-6-8-12-30)34-13-9-10-14-35(34)38(37)44)31-26-28(2)48-33(27-31)20-17-29-15-18-32(19-16-29)42(22-24-46-3)23-25-47-4/h5-20,26-27,36H,1,21-25H2,2-4H3/b20-17?,39-31-,41-37+. The molecule has 0 saturated heterocycles. The van der Waals surface area contributed by atoms with E-state index in [9.17, 15) is 9.59 Å². The molecule has 0 saturated carbocycles. The summed E-state index contributed by atoms with van der Waals surface area (Å²) in [5.74, 6) is 0.952. The van der Waals surface area contributed by atoms with Crippen molar-refractivity contribution in [1.82, 2.24) is 4.57 Å². The Labute approximate surface area is 290 Å². The van der Waals surface area contributed by atoms with Crippen molar-refractivity contribution in [3.8, 4) is 0 Å². The van der Waals surface area contributed by atoms with Crippen LogP contribution < -0.4 is 19.7 Å². The van der Waals surface area contributed by atoms with Crippen LogP contribution in [0.1, 0.15) is 39.9 Å². The predicted octanol–water partition coefficient (Wildman–Crippen LogP) is 6.06. The number of thiazole rings is 1. The maximum absolute atomic E-state index is 14.1. The second-order valence-corrected chi connectivity index (χ2v) is 12.9. The SMILES string of the molecule is C=CCn1c(=O)/c(=C2\C=C(C)OC(C=Cc3ccc(N(CCOC)CCOC)cc3)=C2)s/c1=C1/C(=O)c2ccccc2C1c1ccccc1. The molecular formula is C41H40N2O5S. The van der Waals surface area contributed by atoms with Gasteiger partial charge >= 0.3 is 0 Å². The average molecular weight is 673 g/mol. The molecular weight excluding hydrogens is 633 g/mol. The van der Waals surface area contributed by atoms with Crippen LogP contribution in [0.15, 0.2) is 126 Å². The van der Waals surface area contributed by atoms with Gasteiger partial charge in [0.25, 0.3) is 5.56 Å². The van der Waals surface area contributed by atoms with E-state index in [-0.39, 0.29) is 23.8 Å². The van der Waals surface area contributed by atoms with Gasteiger partial charge in [-0.2, -0.15) is 0 Å². The third-order valence-electron chi connectivity index (χ3n) is 8.63. The van der Waals surface area contributed by atoms with Gasteiger partial charge < -0.3 is 19.1 Å². The van der Waals surface area contributed by atoms with Crippen molar-refractivity contribution in [1.29, 1.82) is 0 Å². The third-order valence-corrected chi connectivity index (χ3v) is 9.88. The first-order valence-corrected chi connectivity index (χ1v) is 17.1. The van der Waals surface area contributed by atoms with Gasteiger partial charge in [0.15, 0.2) is 5.78 Å². The van der Waals surface area contributed by atoms with E-state index in [1.165, 1.54) is 11.3 Å². The van der Waals surface area contributed by atoms with E-state index in [0.29, 0.717) is 45.1 Å². The molecule has 4 aromatic rings. The Morgan fingerprint density at radius 1 is 0.898 bits per heavy atom. The molecule has 3 aromatic carbocycles. The molecule has 49 heavy (non-hydrogen) atoms. The molecule has 7 nitrogen and oxygen atoms in total. The number of anilines is 1. The summed E-state index contributed by atoms with van der Waals surface area (Å²) in [5.41, 5.74) is 5.93. The highest BCUT2D eigenvalue weighted by Gasteiger charge is 2.37. The molecule has 250 valence electrons. The average Bonchev–Trinajstić information content (AvgIpc) is 3.60. The molecule has 1 atom stereocenters. The highest BCUT2D eigenvalue weighted by atomic mass is 32.1. The lowest BCUT2D eigenvalue weighted by Crippen LogP contribution is -2.33. The summed E-state index contributed by atoms with van der Waals surface area (Å²) in [6, 6.07) is 26.0. The number of hydrogen-bond donors (Lipinski definition) is 0. The lowest BCUT2D eigenvalue weighted by molar-refractivity contribution is 0.105. The first-order chi connectivity index (χ1) is 23.9. The molecule has 2 aliphatic rings. The van der Waals surface area contributed by atoms with Crippen LogP contribution in [0, 0.1) is 0 Å². The fraction of sp³-hybridized carbons (Fsp3) is 0.220. The summed E-state index contributed by atoms with van der Waals surface area (Å²) in [6.07, 6.45) is 9.36. The predicted molar refractivity (Wildman–Crippen MR) is 198 cm³/mol. The first-order valence-electron chi connectivity index (χ1n) is 16.3. The van der Waals surface area contributed by atoms with E-state index in [2.05, 4.69) is 35.7 Å². The fourth-order valence-electron chi connectivity index (χ4n) is 6.31. The number of allylic oxidation sites excluding steroid dienone is 5. The zero-order valence-corrected chi connectivity index (χ0v) is 28.9. The van der Waals surface area contributed by atoms with Crippen LogP contribution in [-0.4, -0.2) is 50.9 Å². The lowest BCUT2D eigenvalue weighted by Gasteiger charge is -2.24. The number of fused-ring (bicyclic) bond motifs is 1. The van der Waals surface area contributed by atoms with E-state index in [4.69, 9.17) is 14.2 Å². The number of aromatic nitrogens is 1. The van der Waals surface area contributed by atoms with Crippen molar-refractivity contribution in [2.75, 3.05) is 45.4 Å². The van der Waals surface area contributed by atoms with E-state index in [1.807, 2.05) is 85.8 Å². The number of ketones is 1. The van der Waals surface area contributed by atoms with Gasteiger partial charge in [-0.15, -0.1) is 17.9 Å². The first kappa shape index (κ1) is 33.9. The zero-order chi connectivity index (χ0) is 34.3. The van der Waals surface area contributed by atoms with Gasteiger partial charge in [0.2, 0.25) is 0 Å². The Kier molecular flexibility index (Phi) is 10.7. The van der Waals surface area contributed by atoms with E-state index in [1.54, 1.807) is 24.9 Å². The highest BCUT2D eigenvalue weighted by molar-refractivity contribution is 7.07. The van der Waals surface area contributed by atoms with Crippen molar-refractivity contribution in [3.63, 3.8) is 0 Å². The molecule has 1 aromatic heterocycles. The lowest BCUT2D eigenvalue weighted by atomic mass is 9.90. The van der Waals surface area contributed by atoms with Crippen molar-refractivity contribution < 1.29 is 19.0 Å². The minimum atomic E-state index is -0.281. The summed E-state index contributed by atoms with van der Waals surface area (Å²) in [6.45, 7) is 8.87. The van der Waals surface area contributed by atoms with Crippen LogP contribution >= 0.6 is 11.3 Å². The number of methoxy groups -OCH3 is 2. The van der Waals surface area contributed by atoms with Gasteiger partial charge in [0, 0.05) is 62.2 Å². The fourth-order valence-corrected chi connectivity index (χ4v) is 7.52. The maximum atomic E-state index is 14.1. The van der Waals surface area contributed by atoms with Crippen LogP contribution in [0.25, 0.3) is 17.2 Å². The molecule has 1 unspecified atom stereocenters. The van der Waals surface area contributed by atoms with Crippen LogP contribution in [-0.2, 0) is 20.8 Å². The monoisotopic (exact) mass is 672 g/mol. The minimum Gasteiger partial charge on any atom is -0.462 e. The topological polar surface area (TPSA) is 70.0 Å². The van der Waals surface area contributed by atoms with Crippen LogP contribution in [0.2, 0.25) is 0 Å². The van der Waals surface area contributed by atoms with Crippen LogP contribution in [0.3, 0.4) is 0 Å². The molecule has 0 spiro atoms. The zero-order valence-electron chi connectivity index (χ0n) is 28.1. The molecule has 2 heterocycles.